The van der Waals surface area contributed by atoms with E-state index >= 15 is 0 Å². The Kier molecular flexibility index (Phi) is 5.26. The van der Waals surface area contributed by atoms with E-state index in [0.717, 1.165) is 31.6 Å². The molecule has 1 N–H and O–H groups in total. The summed E-state index contributed by atoms with van der Waals surface area (Å²) < 4.78 is 0. The van der Waals surface area contributed by atoms with Gasteiger partial charge in [-0.25, -0.2) is 0 Å². The predicted molar refractivity (Wildman–Crippen MR) is 86.5 cm³/mol. The Labute approximate surface area is 124 Å². The van der Waals surface area contributed by atoms with Gasteiger partial charge in [-0.1, -0.05) is 51.0 Å². The zero-order valence-corrected chi connectivity index (χ0v) is 13.5. The molecule has 2 rings (SSSR count). The summed E-state index contributed by atoms with van der Waals surface area (Å²) in [6.45, 7) is 8.99. The Morgan fingerprint density at radius 3 is 2.70 bits per heavy atom. The molecule has 2 aliphatic carbocycles. The van der Waals surface area contributed by atoms with Crippen LogP contribution in [0.2, 0.25) is 0 Å². The first kappa shape index (κ1) is 15.6. The summed E-state index contributed by atoms with van der Waals surface area (Å²) in [7, 11) is 0. The molecule has 112 valence electrons. The van der Waals surface area contributed by atoms with Crippen molar-refractivity contribution in [3.63, 3.8) is 0 Å². The Morgan fingerprint density at radius 2 is 2.10 bits per heavy atom. The molecule has 1 heteroatoms. The number of aliphatic hydroxyl groups is 1. The van der Waals surface area contributed by atoms with Crippen LogP contribution in [-0.4, -0.2) is 11.2 Å². The fourth-order valence-corrected chi connectivity index (χ4v) is 3.81. The summed E-state index contributed by atoms with van der Waals surface area (Å²) in [5, 5.41) is 10.6. The molecule has 1 nitrogen and oxygen atoms in total. The summed E-state index contributed by atoms with van der Waals surface area (Å²) in [6.07, 6.45) is 12.2. The van der Waals surface area contributed by atoms with Crippen LogP contribution in [0.15, 0.2) is 34.9 Å². The van der Waals surface area contributed by atoms with Crippen molar-refractivity contribution in [2.24, 2.45) is 17.8 Å². The second kappa shape index (κ2) is 6.76. The first-order chi connectivity index (χ1) is 9.52. The molecule has 0 saturated carbocycles. The fraction of sp³-hybridized carbons (Fsp3) is 0.684. The zero-order chi connectivity index (χ0) is 14.7. The van der Waals surface area contributed by atoms with Gasteiger partial charge in [0.1, 0.15) is 0 Å². The van der Waals surface area contributed by atoms with Crippen LogP contribution in [0.4, 0.5) is 0 Å². The quantitative estimate of drug-likeness (QED) is 0.713. The molecule has 0 radical (unpaired) electrons. The van der Waals surface area contributed by atoms with Crippen molar-refractivity contribution in [2.45, 2.75) is 65.9 Å². The van der Waals surface area contributed by atoms with Crippen LogP contribution < -0.4 is 0 Å². The van der Waals surface area contributed by atoms with Crippen LogP contribution in [0.25, 0.3) is 0 Å². The number of rotatable bonds is 4. The van der Waals surface area contributed by atoms with Crippen molar-refractivity contribution in [1.82, 2.24) is 0 Å². The van der Waals surface area contributed by atoms with E-state index in [-0.39, 0.29) is 6.10 Å². The van der Waals surface area contributed by atoms with Crippen molar-refractivity contribution in [2.75, 3.05) is 0 Å². The van der Waals surface area contributed by atoms with Crippen molar-refractivity contribution in [3.8, 4) is 0 Å². The van der Waals surface area contributed by atoms with Crippen molar-refractivity contribution in [1.29, 1.82) is 0 Å². The van der Waals surface area contributed by atoms with E-state index in [1.165, 1.54) is 23.1 Å². The Bertz CT molecular complexity index is 427. The maximum atomic E-state index is 10.6. The monoisotopic (exact) mass is 274 g/mol. The van der Waals surface area contributed by atoms with Crippen molar-refractivity contribution >= 4 is 0 Å². The summed E-state index contributed by atoms with van der Waals surface area (Å²) in [4.78, 5) is 0. The molecule has 20 heavy (non-hydrogen) atoms. The third kappa shape index (κ3) is 3.44. The highest BCUT2D eigenvalue weighted by Gasteiger charge is 2.31. The molecule has 0 aromatic heterocycles. The first-order valence-electron chi connectivity index (χ1n) is 8.28. The molecule has 0 aromatic carbocycles. The van der Waals surface area contributed by atoms with E-state index in [0.29, 0.717) is 11.8 Å². The Balaban J connectivity index is 2.28. The topological polar surface area (TPSA) is 20.2 Å². The van der Waals surface area contributed by atoms with Gasteiger partial charge in [-0.2, -0.15) is 0 Å². The minimum absolute atomic E-state index is 0.244. The lowest BCUT2D eigenvalue weighted by molar-refractivity contribution is 0.179. The highest BCUT2D eigenvalue weighted by Crippen LogP contribution is 2.41. The van der Waals surface area contributed by atoms with Gasteiger partial charge in [0.05, 0.1) is 6.10 Å². The lowest BCUT2D eigenvalue weighted by atomic mass is 9.71. The van der Waals surface area contributed by atoms with Gasteiger partial charge in [0, 0.05) is 5.92 Å². The van der Waals surface area contributed by atoms with E-state index < -0.39 is 0 Å². The van der Waals surface area contributed by atoms with Crippen LogP contribution in [0.1, 0.15) is 59.8 Å². The zero-order valence-electron chi connectivity index (χ0n) is 13.5. The number of aliphatic hydroxyl groups excluding tert-OH is 1. The number of hydrogen-bond donors (Lipinski definition) is 1. The van der Waals surface area contributed by atoms with Gasteiger partial charge in [-0.15, -0.1) is 0 Å². The summed E-state index contributed by atoms with van der Waals surface area (Å²) >= 11 is 0. The van der Waals surface area contributed by atoms with Crippen LogP contribution in [-0.2, 0) is 0 Å². The van der Waals surface area contributed by atoms with Crippen molar-refractivity contribution < 1.29 is 5.11 Å². The second-order valence-corrected chi connectivity index (χ2v) is 6.91. The van der Waals surface area contributed by atoms with Crippen LogP contribution in [0.5, 0.6) is 0 Å². The second-order valence-electron chi connectivity index (χ2n) is 6.91. The van der Waals surface area contributed by atoms with Crippen LogP contribution in [0, 0.1) is 17.8 Å². The molecular weight excluding hydrogens is 244 g/mol. The number of hydrogen-bond acceptors (Lipinski definition) is 1. The third-order valence-electron chi connectivity index (χ3n) is 4.83. The SMILES string of the molecule is CCCC(O)C1=C(C)CC(C)CC1C1=CCC(C)C=C1. The lowest BCUT2D eigenvalue weighted by Gasteiger charge is -2.35. The molecule has 0 saturated heterocycles. The smallest absolute Gasteiger partial charge is 0.0758 e. The van der Waals surface area contributed by atoms with E-state index in [1.807, 2.05) is 0 Å². The van der Waals surface area contributed by atoms with Gasteiger partial charge in [-0.3, -0.25) is 0 Å². The molecule has 0 amide bonds. The van der Waals surface area contributed by atoms with E-state index in [2.05, 4.69) is 45.9 Å². The van der Waals surface area contributed by atoms with Gasteiger partial charge in [0.2, 0.25) is 0 Å². The summed E-state index contributed by atoms with van der Waals surface area (Å²) in [6, 6.07) is 0. The average molecular weight is 274 g/mol. The van der Waals surface area contributed by atoms with Crippen molar-refractivity contribution in [3.05, 3.63) is 34.9 Å². The predicted octanol–water partition coefficient (Wildman–Crippen LogP) is 5.03. The molecule has 0 spiro atoms. The van der Waals surface area contributed by atoms with E-state index in [1.54, 1.807) is 0 Å². The minimum Gasteiger partial charge on any atom is -0.389 e. The fourth-order valence-electron chi connectivity index (χ4n) is 3.81. The molecule has 0 heterocycles. The van der Waals surface area contributed by atoms with Gasteiger partial charge in [-0.05, 0) is 55.6 Å². The van der Waals surface area contributed by atoms with E-state index in [9.17, 15) is 5.11 Å². The largest absolute Gasteiger partial charge is 0.389 e. The van der Waals surface area contributed by atoms with Gasteiger partial charge in [0.25, 0.3) is 0 Å². The maximum absolute atomic E-state index is 10.6. The lowest BCUT2D eigenvalue weighted by Crippen LogP contribution is -2.27. The van der Waals surface area contributed by atoms with Gasteiger partial charge in [0.15, 0.2) is 0 Å². The highest BCUT2D eigenvalue weighted by molar-refractivity contribution is 5.37. The van der Waals surface area contributed by atoms with Gasteiger partial charge < -0.3 is 5.11 Å². The molecule has 4 unspecified atom stereocenters. The highest BCUT2D eigenvalue weighted by atomic mass is 16.3. The van der Waals surface area contributed by atoms with E-state index in [4.69, 9.17) is 0 Å². The molecule has 4 atom stereocenters. The summed E-state index contributed by atoms with van der Waals surface area (Å²) in [5.41, 5.74) is 4.21. The van der Waals surface area contributed by atoms with Crippen LogP contribution in [0.3, 0.4) is 0 Å². The molecular formula is C19H30O. The first-order valence-corrected chi connectivity index (χ1v) is 8.28. The van der Waals surface area contributed by atoms with Crippen LogP contribution >= 0.6 is 0 Å². The molecule has 0 bridgehead atoms. The maximum Gasteiger partial charge on any atom is 0.0758 e. The molecule has 0 fully saturated rings. The Morgan fingerprint density at radius 1 is 1.35 bits per heavy atom. The molecule has 0 aliphatic heterocycles. The summed E-state index contributed by atoms with van der Waals surface area (Å²) in [5.74, 6) is 1.84. The van der Waals surface area contributed by atoms with Gasteiger partial charge >= 0.3 is 0 Å². The standard InChI is InChI=1S/C19H30O/c1-5-6-18(20)19-15(4)11-14(3)12-17(19)16-9-7-13(2)8-10-16/h7,9-10,13-14,17-18,20H,5-6,8,11-12H2,1-4H3. The normalized spacial score (nSPS) is 32.2. The third-order valence-corrected chi connectivity index (χ3v) is 4.83. The molecule has 0 aromatic rings. The number of allylic oxidation sites excluding steroid dienone is 5. The Hall–Kier alpha value is -0.820. The average Bonchev–Trinajstić information content (AvgIpc) is 2.38. The molecule has 2 aliphatic rings. The minimum atomic E-state index is -0.244.